The lowest BCUT2D eigenvalue weighted by Crippen LogP contribution is -2.18. The largest absolute Gasteiger partial charge is 0.412 e. The van der Waals surface area contributed by atoms with E-state index >= 15 is 0 Å². The number of aromatic nitrogens is 2. The van der Waals surface area contributed by atoms with Crippen molar-refractivity contribution in [2.24, 2.45) is 0 Å². The summed E-state index contributed by atoms with van der Waals surface area (Å²) in [6, 6.07) is 5.47. The second-order valence-electron chi connectivity index (χ2n) is 4.14. The van der Waals surface area contributed by atoms with Gasteiger partial charge in [-0.15, -0.1) is 0 Å². The van der Waals surface area contributed by atoms with Crippen LogP contribution in [0.4, 0.5) is 0 Å². The van der Waals surface area contributed by atoms with E-state index in [4.69, 9.17) is 0 Å². The summed E-state index contributed by atoms with van der Waals surface area (Å²) in [6.07, 6.45) is 0. The molecule has 0 unspecified atom stereocenters. The summed E-state index contributed by atoms with van der Waals surface area (Å²) in [4.78, 5) is 28.2. The Hall–Kier alpha value is -2.23. The van der Waals surface area contributed by atoms with E-state index in [0.29, 0.717) is 11.3 Å². The van der Waals surface area contributed by atoms with Crippen molar-refractivity contribution in [2.45, 2.75) is 11.8 Å². The van der Waals surface area contributed by atoms with Crippen LogP contribution in [0.25, 0.3) is 0 Å². The molecular formula is C12H15N3O5S. The number of aromatic amines is 2. The number of aryl methyl sites for hydroxylation is 1. The predicted octanol–water partition coefficient (Wildman–Crippen LogP) is -0.674. The van der Waals surface area contributed by atoms with Gasteiger partial charge >= 0.3 is 5.69 Å². The molecule has 0 aliphatic rings. The smallest absolute Gasteiger partial charge is 0.323 e. The third-order valence-electron chi connectivity index (χ3n) is 2.84. The number of H-pyrrole nitrogens is 2. The first-order chi connectivity index (χ1) is 9.35. The summed E-state index contributed by atoms with van der Waals surface area (Å²) < 4.78 is 25.3. The maximum atomic E-state index is 12.2. The van der Waals surface area contributed by atoms with E-state index in [2.05, 4.69) is 14.7 Å². The standard InChI is InChI=1S/C12H13N3O4S.H2O/c1-7-10(15-12(17)14-7)11(16)8-3-5-9(6-4-8)20(18,19)13-2;/h3-6,13H,1-2H3,(H2,14,15,17);1H2. The molecule has 0 radical (unpaired) electrons. The van der Waals surface area contributed by atoms with Crippen LogP contribution in [0.1, 0.15) is 21.7 Å². The molecule has 0 fully saturated rings. The Morgan fingerprint density at radius 1 is 1.14 bits per heavy atom. The first-order valence-corrected chi connectivity index (χ1v) is 7.20. The molecule has 21 heavy (non-hydrogen) atoms. The molecule has 5 N–H and O–H groups in total. The number of ketones is 1. The predicted molar refractivity (Wildman–Crippen MR) is 75.9 cm³/mol. The highest BCUT2D eigenvalue weighted by molar-refractivity contribution is 7.89. The monoisotopic (exact) mass is 313 g/mol. The van der Waals surface area contributed by atoms with E-state index < -0.39 is 15.7 Å². The molecule has 0 aliphatic heterocycles. The van der Waals surface area contributed by atoms with Gasteiger partial charge in [-0.25, -0.2) is 17.9 Å². The van der Waals surface area contributed by atoms with Crippen molar-refractivity contribution >= 4 is 15.8 Å². The lowest BCUT2D eigenvalue weighted by molar-refractivity contribution is 0.103. The Bertz CT molecular complexity index is 802. The second-order valence-corrected chi connectivity index (χ2v) is 6.03. The highest BCUT2D eigenvalue weighted by Gasteiger charge is 2.16. The summed E-state index contributed by atoms with van der Waals surface area (Å²) in [5, 5.41) is 0. The summed E-state index contributed by atoms with van der Waals surface area (Å²) in [5.74, 6) is -0.380. The van der Waals surface area contributed by atoms with Gasteiger partial charge in [0.15, 0.2) is 0 Å². The van der Waals surface area contributed by atoms with Crippen molar-refractivity contribution in [3.05, 3.63) is 51.7 Å². The summed E-state index contributed by atoms with van der Waals surface area (Å²) in [7, 11) is -2.23. The Morgan fingerprint density at radius 2 is 1.71 bits per heavy atom. The number of carbonyl (C=O) groups excluding carboxylic acids is 1. The maximum Gasteiger partial charge on any atom is 0.323 e. The molecule has 0 bridgehead atoms. The fraction of sp³-hybridized carbons (Fsp3) is 0.167. The van der Waals surface area contributed by atoms with Gasteiger partial charge in [0, 0.05) is 11.3 Å². The molecule has 0 saturated carbocycles. The average molecular weight is 313 g/mol. The van der Waals surface area contributed by atoms with E-state index in [0.717, 1.165) is 0 Å². The van der Waals surface area contributed by atoms with Gasteiger partial charge in [0.1, 0.15) is 5.69 Å². The van der Waals surface area contributed by atoms with Crippen molar-refractivity contribution in [3.8, 4) is 0 Å². The van der Waals surface area contributed by atoms with Crippen LogP contribution >= 0.6 is 0 Å². The minimum absolute atomic E-state index is 0. The van der Waals surface area contributed by atoms with Crippen LogP contribution in [0.2, 0.25) is 0 Å². The van der Waals surface area contributed by atoms with Crippen LogP contribution in [-0.4, -0.2) is 36.7 Å². The van der Waals surface area contributed by atoms with E-state index in [1.807, 2.05) is 0 Å². The molecule has 8 nitrogen and oxygen atoms in total. The zero-order valence-corrected chi connectivity index (χ0v) is 12.2. The summed E-state index contributed by atoms with van der Waals surface area (Å²) in [6.45, 7) is 1.60. The van der Waals surface area contributed by atoms with Crippen molar-refractivity contribution in [3.63, 3.8) is 0 Å². The number of benzene rings is 1. The number of hydrogen-bond acceptors (Lipinski definition) is 4. The Labute approximate surface area is 120 Å². The molecule has 9 heteroatoms. The zero-order valence-electron chi connectivity index (χ0n) is 11.4. The lowest BCUT2D eigenvalue weighted by Gasteiger charge is -2.04. The Balaban J connectivity index is 0.00000220. The highest BCUT2D eigenvalue weighted by Crippen LogP contribution is 2.13. The topological polar surface area (TPSA) is 143 Å². The Kier molecular flexibility index (Phi) is 4.84. The molecule has 0 atom stereocenters. The molecule has 1 aromatic carbocycles. The molecule has 1 aromatic heterocycles. The van der Waals surface area contributed by atoms with E-state index in [1.54, 1.807) is 6.92 Å². The first-order valence-electron chi connectivity index (χ1n) is 5.72. The van der Waals surface area contributed by atoms with E-state index in [9.17, 15) is 18.0 Å². The van der Waals surface area contributed by atoms with Crippen molar-refractivity contribution in [1.29, 1.82) is 0 Å². The number of rotatable bonds is 4. The van der Waals surface area contributed by atoms with E-state index in [-0.39, 0.29) is 21.8 Å². The second kappa shape index (κ2) is 6.04. The van der Waals surface area contributed by atoms with Gasteiger partial charge in [0.05, 0.1) is 4.90 Å². The number of nitrogens with one attached hydrogen (secondary N) is 3. The number of sulfonamides is 1. The average Bonchev–Trinajstić information content (AvgIpc) is 2.77. The minimum Gasteiger partial charge on any atom is -0.412 e. The lowest BCUT2D eigenvalue weighted by atomic mass is 10.1. The van der Waals surface area contributed by atoms with Gasteiger partial charge < -0.3 is 15.4 Å². The highest BCUT2D eigenvalue weighted by atomic mass is 32.2. The zero-order chi connectivity index (χ0) is 14.9. The first kappa shape index (κ1) is 16.8. The minimum atomic E-state index is -3.53. The van der Waals surface area contributed by atoms with Crippen molar-refractivity contribution in [2.75, 3.05) is 7.05 Å². The molecule has 1 heterocycles. The fourth-order valence-corrected chi connectivity index (χ4v) is 2.48. The number of imidazole rings is 1. The van der Waals surface area contributed by atoms with E-state index in [1.165, 1.54) is 31.3 Å². The quantitative estimate of drug-likeness (QED) is 0.643. The summed E-state index contributed by atoms with van der Waals surface area (Å²) >= 11 is 0. The number of hydrogen-bond donors (Lipinski definition) is 3. The van der Waals surface area contributed by atoms with Gasteiger partial charge in [-0.05, 0) is 38.2 Å². The van der Waals surface area contributed by atoms with Crippen LogP contribution < -0.4 is 10.4 Å². The molecule has 0 spiro atoms. The molecule has 2 rings (SSSR count). The van der Waals surface area contributed by atoms with Crippen LogP contribution in [0.5, 0.6) is 0 Å². The fourth-order valence-electron chi connectivity index (χ4n) is 1.75. The van der Waals surface area contributed by atoms with Gasteiger partial charge in [0.2, 0.25) is 15.8 Å². The maximum absolute atomic E-state index is 12.2. The van der Waals surface area contributed by atoms with Crippen LogP contribution in [0.15, 0.2) is 34.0 Å². The summed E-state index contributed by atoms with van der Waals surface area (Å²) in [5.41, 5.74) is 0.435. The van der Waals surface area contributed by atoms with Crippen LogP contribution in [0, 0.1) is 6.92 Å². The van der Waals surface area contributed by atoms with Crippen molar-refractivity contribution < 1.29 is 18.7 Å². The van der Waals surface area contributed by atoms with Crippen LogP contribution in [0.3, 0.4) is 0 Å². The van der Waals surface area contributed by atoms with Gasteiger partial charge in [-0.3, -0.25) is 4.79 Å². The van der Waals surface area contributed by atoms with Crippen LogP contribution in [-0.2, 0) is 10.0 Å². The Morgan fingerprint density at radius 3 is 2.14 bits per heavy atom. The normalized spacial score (nSPS) is 11.0. The molecule has 0 aliphatic carbocycles. The van der Waals surface area contributed by atoms with Crippen molar-refractivity contribution in [1.82, 2.24) is 14.7 Å². The van der Waals surface area contributed by atoms with Gasteiger partial charge in [-0.1, -0.05) is 0 Å². The van der Waals surface area contributed by atoms with Gasteiger partial charge in [0.25, 0.3) is 0 Å². The van der Waals surface area contributed by atoms with Gasteiger partial charge in [-0.2, -0.15) is 0 Å². The molecule has 2 aromatic rings. The number of carbonyl (C=O) groups is 1. The third-order valence-corrected chi connectivity index (χ3v) is 4.27. The molecule has 0 saturated heterocycles. The third kappa shape index (κ3) is 3.27. The SMILES string of the molecule is CNS(=O)(=O)c1ccc(C(=O)c2[nH]c(=O)[nH]c2C)cc1.O. The molecule has 0 amide bonds. The molecular weight excluding hydrogens is 298 g/mol. The molecule has 114 valence electrons.